The van der Waals surface area contributed by atoms with Crippen molar-refractivity contribution in [2.75, 3.05) is 13.7 Å². The van der Waals surface area contributed by atoms with Crippen LogP contribution in [-0.4, -0.2) is 50.9 Å². The normalized spacial score (nSPS) is 17.0. The van der Waals surface area contributed by atoms with Gasteiger partial charge in [0.05, 0.1) is 48.7 Å². The third kappa shape index (κ3) is 7.99. The minimum Gasteiger partial charge on any atom is -0.497 e. The molecule has 0 bridgehead atoms. The molecule has 0 unspecified atom stereocenters. The maximum Gasteiger partial charge on any atom is 0.410 e. The summed E-state index contributed by atoms with van der Waals surface area (Å²) in [6, 6.07) is 17.5. The number of hydrogen-bond acceptors (Lipinski definition) is 7. The zero-order chi connectivity index (χ0) is 38.1. The Morgan fingerprint density at radius 3 is 2.41 bits per heavy atom. The Kier molecular flexibility index (Phi) is 10.2. The molecule has 0 radical (unpaired) electrons. The van der Waals surface area contributed by atoms with Crippen molar-refractivity contribution >= 4 is 22.9 Å². The Morgan fingerprint density at radius 2 is 1.69 bits per heavy atom. The minimum atomic E-state index is -1.55. The van der Waals surface area contributed by atoms with E-state index in [1.807, 2.05) is 62.0 Å². The highest BCUT2D eigenvalue weighted by Gasteiger charge is 2.30. The van der Waals surface area contributed by atoms with Crippen LogP contribution in [0.5, 0.6) is 11.5 Å². The third-order valence-electron chi connectivity index (χ3n) is 9.89. The fourth-order valence-electron chi connectivity index (χ4n) is 6.95. The van der Waals surface area contributed by atoms with Crippen LogP contribution in [0.2, 0.25) is 0 Å². The second-order valence-electron chi connectivity index (χ2n) is 14.9. The van der Waals surface area contributed by atoms with Crippen molar-refractivity contribution in [1.82, 2.24) is 25.0 Å². The number of rotatable bonds is 9. The summed E-state index contributed by atoms with van der Waals surface area (Å²) in [7, 11) is 1.52. The molecule has 0 saturated heterocycles. The average Bonchev–Trinajstić information content (AvgIpc) is 3.79. The van der Waals surface area contributed by atoms with Crippen molar-refractivity contribution in [2.24, 2.45) is 5.92 Å². The first-order valence-electron chi connectivity index (χ1n) is 18.0. The summed E-state index contributed by atoms with van der Waals surface area (Å²) in [6.07, 6.45) is 4.90. The molecule has 3 aromatic carbocycles. The summed E-state index contributed by atoms with van der Waals surface area (Å²) in [4.78, 5) is 32.0. The van der Waals surface area contributed by atoms with Gasteiger partial charge in [-0.25, -0.2) is 13.6 Å². The number of nitrogens with zero attached hydrogens (tertiary/aromatic N) is 4. The van der Waals surface area contributed by atoms with Crippen LogP contribution in [0.4, 0.5) is 18.0 Å². The van der Waals surface area contributed by atoms with E-state index in [-0.39, 0.29) is 31.2 Å². The van der Waals surface area contributed by atoms with E-state index in [1.165, 1.54) is 7.11 Å². The minimum absolute atomic E-state index is 0.115. The molecule has 1 N–H and O–H groups in total. The number of hydrogen-bond donors (Lipinski definition) is 1. The molecule has 1 saturated carbocycles. The van der Waals surface area contributed by atoms with Crippen LogP contribution >= 0.6 is 0 Å². The molecule has 2 aliphatic rings. The van der Waals surface area contributed by atoms with Crippen LogP contribution in [-0.2, 0) is 24.4 Å². The molecule has 0 atom stereocenters. The maximum absolute atomic E-state index is 14.9. The summed E-state index contributed by atoms with van der Waals surface area (Å²) < 4.78 is 62.5. The second kappa shape index (κ2) is 15.0. The Balaban J connectivity index is 0.924. The molecule has 13 heteroatoms. The molecular formula is C41H42F3N5O5. The highest BCUT2D eigenvalue weighted by Crippen LogP contribution is 2.34. The monoisotopic (exact) mass is 741 g/mol. The predicted octanol–water partition coefficient (Wildman–Crippen LogP) is 8.52. The van der Waals surface area contributed by atoms with Crippen LogP contribution in [0.3, 0.4) is 0 Å². The molecule has 10 nitrogen and oxygen atoms in total. The van der Waals surface area contributed by atoms with Crippen LogP contribution in [0.1, 0.15) is 79.7 Å². The Morgan fingerprint density at radius 1 is 0.926 bits per heavy atom. The van der Waals surface area contributed by atoms with Crippen molar-refractivity contribution in [3.8, 4) is 22.8 Å². The Hall–Kier alpha value is -5.59. The molecule has 54 heavy (non-hydrogen) atoms. The SMILES string of the molecule is COc1ccc(COc2c(F)cc(C(=O)NCC3CCC(n4cc5ccc(-c6ccc7c(n6)CN(C(=O)OC(C)(C)C)C7)cc5n4)CC3)c(F)c2F)cc1. The smallest absolute Gasteiger partial charge is 0.410 e. The van der Waals surface area contributed by atoms with Crippen molar-refractivity contribution in [3.05, 3.63) is 107 Å². The summed E-state index contributed by atoms with van der Waals surface area (Å²) in [5, 5.41) is 8.56. The molecule has 7 rings (SSSR count). The number of nitrogens with one attached hydrogen (secondary N) is 1. The van der Waals surface area contributed by atoms with Crippen LogP contribution in [0.15, 0.2) is 66.9 Å². The molecule has 5 aromatic rings. The number of pyridine rings is 1. The lowest BCUT2D eigenvalue weighted by Crippen LogP contribution is -2.33. The fourth-order valence-corrected chi connectivity index (χ4v) is 6.95. The van der Waals surface area contributed by atoms with E-state index in [0.717, 1.165) is 59.1 Å². The number of benzene rings is 3. The van der Waals surface area contributed by atoms with Gasteiger partial charge in [0, 0.05) is 23.7 Å². The van der Waals surface area contributed by atoms with Gasteiger partial charge >= 0.3 is 6.09 Å². The van der Waals surface area contributed by atoms with Crippen LogP contribution < -0.4 is 14.8 Å². The second-order valence-corrected chi connectivity index (χ2v) is 14.9. The van der Waals surface area contributed by atoms with Gasteiger partial charge in [-0.1, -0.05) is 30.3 Å². The van der Waals surface area contributed by atoms with E-state index in [2.05, 4.69) is 5.32 Å². The number of ether oxygens (including phenoxy) is 3. The van der Waals surface area contributed by atoms with Crippen molar-refractivity contribution < 1.29 is 37.0 Å². The molecule has 282 valence electrons. The van der Waals surface area contributed by atoms with E-state index in [0.29, 0.717) is 30.5 Å². The third-order valence-corrected chi connectivity index (χ3v) is 9.89. The Bertz CT molecular complexity index is 2190. The zero-order valence-corrected chi connectivity index (χ0v) is 30.6. The lowest BCUT2D eigenvalue weighted by molar-refractivity contribution is 0.0240. The van der Waals surface area contributed by atoms with Gasteiger partial charge in [-0.05, 0) is 93.8 Å². The largest absolute Gasteiger partial charge is 0.497 e. The van der Waals surface area contributed by atoms with Gasteiger partial charge in [0.2, 0.25) is 5.82 Å². The van der Waals surface area contributed by atoms with Crippen molar-refractivity contribution in [2.45, 2.75) is 77.8 Å². The van der Waals surface area contributed by atoms with Gasteiger partial charge in [-0.3, -0.25) is 19.4 Å². The number of methoxy groups -OCH3 is 1. The molecular weight excluding hydrogens is 699 g/mol. The van der Waals surface area contributed by atoms with Gasteiger partial charge in [0.1, 0.15) is 18.0 Å². The average molecular weight is 742 g/mol. The molecule has 1 fully saturated rings. The first kappa shape index (κ1) is 36.8. The molecule has 2 aromatic heterocycles. The molecule has 1 aliphatic carbocycles. The number of carbonyl (C=O) groups is 2. The number of halogens is 3. The quantitative estimate of drug-likeness (QED) is 0.151. The lowest BCUT2D eigenvalue weighted by Gasteiger charge is -2.28. The van der Waals surface area contributed by atoms with E-state index in [4.69, 9.17) is 24.3 Å². The van der Waals surface area contributed by atoms with E-state index >= 15 is 0 Å². The summed E-state index contributed by atoms with van der Waals surface area (Å²) in [5.74, 6) is -5.23. The van der Waals surface area contributed by atoms with Gasteiger partial charge in [0.25, 0.3) is 5.91 Å². The van der Waals surface area contributed by atoms with Gasteiger partial charge < -0.3 is 19.5 Å². The van der Waals surface area contributed by atoms with Gasteiger partial charge in [-0.15, -0.1) is 0 Å². The predicted molar refractivity (Wildman–Crippen MR) is 195 cm³/mol. The lowest BCUT2D eigenvalue weighted by atomic mass is 9.86. The van der Waals surface area contributed by atoms with E-state index in [1.54, 1.807) is 29.2 Å². The van der Waals surface area contributed by atoms with Crippen molar-refractivity contribution in [1.29, 1.82) is 0 Å². The first-order chi connectivity index (χ1) is 25.8. The fraction of sp³-hybridized carbons (Fsp3) is 0.366. The summed E-state index contributed by atoms with van der Waals surface area (Å²) >= 11 is 0. The van der Waals surface area contributed by atoms with Gasteiger partial charge in [0.15, 0.2) is 17.4 Å². The maximum atomic E-state index is 14.9. The molecule has 1 aliphatic heterocycles. The van der Waals surface area contributed by atoms with E-state index in [9.17, 15) is 22.8 Å². The van der Waals surface area contributed by atoms with Crippen molar-refractivity contribution in [3.63, 3.8) is 0 Å². The molecule has 3 heterocycles. The summed E-state index contributed by atoms with van der Waals surface area (Å²) in [6.45, 7) is 6.44. The Labute approximate surface area is 311 Å². The van der Waals surface area contributed by atoms with Crippen LogP contribution in [0, 0.1) is 23.4 Å². The number of aromatic nitrogens is 3. The van der Waals surface area contributed by atoms with Crippen LogP contribution in [0.25, 0.3) is 22.2 Å². The first-order valence-corrected chi connectivity index (χ1v) is 18.0. The highest BCUT2D eigenvalue weighted by molar-refractivity contribution is 5.94. The number of fused-ring (bicyclic) bond motifs is 2. The van der Waals surface area contributed by atoms with E-state index < -0.39 is 40.3 Å². The number of amides is 2. The number of carbonyl (C=O) groups excluding carboxylic acids is 2. The summed E-state index contributed by atoms with van der Waals surface area (Å²) in [5.41, 5.74) is 3.75. The standard InChI is InChI=1S/C41H42F3N5O5/c1-41(2,3)54-40(51)48-20-27-11-16-33(46-35(27)22-48)26-9-10-28-21-49(47-34(28)17-26)29-12-5-24(6-13-29)19-45-39(50)31-18-32(42)38(37(44)36(31)43)53-23-25-7-14-30(52-4)15-8-25/h7-11,14-18,21,24,29H,5-6,12-13,19-20,22-23H2,1-4H3,(H,45,50). The van der Waals surface area contributed by atoms with Gasteiger partial charge in [-0.2, -0.15) is 9.49 Å². The topological polar surface area (TPSA) is 108 Å². The highest BCUT2D eigenvalue weighted by atomic mass is 19.2. The zero-order valence-electron chi connectivity index (χ0n) is 30.6. The molecule has 0 spiro atoms. The molecule has 2 amide bonds.